The van der Waals surface area contributed by atoms with Gasteiger partial charge in [0.05, 0.1) is 6.42 Å². The maximum Gasteiger partial charge on any atom is 0.490 e. The molecule has 0 saturated heterocycles. The van der Waals surface area contributed by atoms with Crippen LogP contribution in [-0.4, -0.2) is 41.1 Å². The zero-order valence-corrected chi connectivity index (χ0v) is 18.4. The lowest BCUT2D eigenvalue weighted by Gasteiger charge is -2.43. The van der Waals surface area contributed by atoms with E-state index in [1.165, 1.54) is 4.90 Å². The first-order chi connectivity index (χ1) is 14.9. The number of aliphatic imine (C=N–C) groups is 1. The van der Waals surface area contributed by atoms with Gasteiger partial charge in [-0.1, -0.05) is 46.3 Å². The number of ether oxygens (including phenoxy) is 1. The number of aliphatic carboxylic acids is 1. The van der Waals surface area contributed by atoms with Crippen molar-refractivity contribution in [3.05, 3.63) is 64.1 Å². The Balaban J connectivity index is 0.000000360. The number of nitrogens with two attached hydrogens (primary N) is 1. The molecule has 0 fully saturated rings. The number of fused-ring (bicyclic) bond motifs is 2. The topological polar surface area (TPSA) is 105 Å². The van der Waals surface area contributed by atoms with Crippen LogP contribution in [0.1, 0.15) is 30.1 Å². The standard InChI is InChI=1S/C19H18BrN3O2.C2HF3O2/c1-23-17(24)11-19(22-18(23)21)10-16(12-5-3-2-4-6-12)25-15-8-7-13(20)9-14(15)19;3-2(4,5)1(6)7/h2-9,16H,10-11H2,1H3,(H2,21,22);(H,6,7). The lowest BCUT2D eigenvalue weighted by Crippen LogP contribution is -2.50. The summed E-state index contributed by atoms with van der Waals surface area (Å²) in [6.45, 7) is 0. The molecule has 170 valence electrons. The van der Waals surface area contributed by atoms with Gasteiger partial charge in [-0.2, -0.15) is 13.2 Å². The Labute approximate surface area is 189 Å². The van der Waals surface area contributed by atoms with Crippen molar-refractivity contribution in [2.75, 3.05) is 7.05 Å². The van der Waals surface area contributed by atoms with Crippen molar-refractivity contribution >= 4 is 33.8 Å². The molecule has 11 heteroatoms. The van der Waals surface area contributed by atoms with Crippen LogP contribution in [-0.2, 0) is 15.1 Å². The highest BCUT2D eigenvalue weighted by Gasteiger charge is 2.47. The van der Waals surface area contributed by atoms with Crippen molar-refractivity contribution in [1.29, 1.82) is 0 Å². The Kier molecular flexibility index (Phi) is 6.49. The molecule has 2 aliphatic rings. The number of alkyl halides is 3. The molecule has 2 aliphatic heterocycles. The zero-order chi connectivity index (χ0) is 23.7. The molecular weight excluding hydrogens is 495 g/mol. The minimum atomic E-state index is -5.08. The van der Waals surface area contributed by atoms with Crippen LogP contribution in [0, 0.1) is 0 Å². The van der Waals surface area contributed by atoms with E-state index < -0.39 is 17.7 Å². The molecule has 2 unspecified atom stereocenters. The number of carbonyl (C=O) groups excluding carboxylic acids is 1. The van der Waals surface area contributed by atoms with E-state index in [4.69, 9.17) is 25.4 Å². The maximum absolute atomic E-state index is 12.5. The number of nitrogens with zero attached hydrogens (tertiary/aromatic N) is 2. The van der Waals surface area contributed by atoms with Crippen molar-refractivity contribution in [2.45, 2.75) is 30.7 Å². The second-order valence-electron chi connectivity index (χ2n) is 7.30. The molecule has 2 heterocycles. The van der Waals surface area contributed by atoms with Gasteiger partial charge in [0.1, 0.15) is 17.4 Å². The van der Waals surface area contributed by atoms with Crippen molar-refractivity contribution < 1.29 is 32.6 Å². The van der Waals surface area contributed by atoms with Crippen LogP contribution in [0.4, 0.5) is 13.2 Å². The van der Waals surface area contributed by atoms with Crippen molar-refractivity contribution in [3.63, 3.8) is 0 Å². The average molecular weight is 514 g/mol. The van der Waals surface area contributed by atoms with Crippen molar-refractivity contribution in [1.82, 2.24) is 4.90 Å². The van der Waals surface area contributed by atoms with E-state index in [0.29, 0.717) is 6.42 Å². The summed E-state index contributed by atoms with van der Waals surface area (Å²) < 4.78 is 38.9. The molecule has 0 saturated carbocycles. The molecule has 1 spiro atoms. The van der Waals surface area contributed by atoms with Crippen molar-refractivity contribution in [3.8, 4) is 5.75 Å². The van der Waals surface area contributed by atoms with E-state index in [0.717, 1.165) is 21.3 Å². The molecule has 32 heavy (non-hydrogen) atoms. The van der Waals surface area contributed by atoms with Gasteiger partial charge >= 0.3 is 12.1 Å². The summed E-state index contributed by atoms with van der Waals surface area (Å²) in [7, 11) is 1.66. The molecule has 3 N–H and O–H groups in total. The highest BCUT2D eigenvalue weighted by atomic mass is 79.9. The number of guanidine groups is 1. The van der Waals surface area contributed by atoms with Crippen LogP contribution in [0.3, 0.4) is 0 Å². The van der Waals surface area contributed by atoms with E-state index in [9.17, 15) is 18.0 Å². The SMILES string of the molecule is CN1C(=O)CC2(CC(c3ccccc3)Oc3ccc(Br)cc32)N=C1N.O=C(O)C(F)(F)F. The minimum Gasteiger partial charge on any atom is -0.485 e. The van der Waals surface area contributed by atoms with Gasteiger partial charge in [-0.25, -0.2) is 9.79 Å². The molecule has 7 nitrogen and oxygen atoms in total. The Bertz CT molecular complexity index is 1060. The normalized spacial score (nSPS) is 22.3. The van der Waals surface area contributed by atoms with Crippen LogP contribution in [0.2, 0.25) is 0 Å². The zero-order valence-electron chi connectivity index (χ0n) is 16.8. The summed E-state index contributed by atoms with van der Waals surface area (Å²) in [5.74, 6) is -1.80. The molecule has 0 radical (unpaired) electrons. The third-order valence-electron chi connectivity index (χ3n) is 5.14. The number of amides is 1. The quantitative estimate of drug-likeness (QED) is 0.599. The van der Waals surface area contributed by atoms with E-state index in [1.54, 1.807) is 7.05 Å². The van der Waals surface area contributed by atoms with Crippen LogP contribution in [0.25, 0.3) is 0 Å². The molecule has 2 aromatic carbocycles. The van der Waals surface area contributed by atoms with Gasteiger partial charge in [0.25, 0.3) is 0 Å². The van der Waals surface area contributed by atoms with Gasteiger partial charge in [-0.05, 0) is 23.8 Å². The molecule has 4 rings (SSSR count). The Morgan fingerprint density at radius 1 is 1.28 bits per heavy atom. The molecule has 0 aromatic heterocycles. The number of halogens is 4. The van der Waals surface area contributed by atoms with Gasteiger partial charge in [0, 0.05) is 23.5 Å². The van der Waals surface area contributed by atoms with Crippen molar-refractivity contribution in [2.24, 2.45) is 10.7 Å². The Hall–Kier alpha value is -3.08. The van der Waals surface area contributed by atoms with Gasteiger partial charge in [0.15, 0.2) is 5.96 Å². The number of benzene rings is 2. The van der Waals surface area contributed by atoms with Gasteiger partial charge in [-0.3, -0.25) is 9.69 Å². The summed E-state index contributed by atoms with van der Waals surface area (Å²) >= 11 is 3.51. The maximum atomic E-state index is 12.5. The number of carbonyl (C=O) groups is 2. The molecule has 2 atom stereocenters. The molecule has 2 aromatic rings. The fourth-order valence-electron chi connectivity index (χ4n) is 3.54. The molecule has 1 amide bonds. The third kappa shape index (κ3) is 4.87. The summed E-state index contributed by atoms with van der Waals surface area (Å²) in [6, 6.07) is 15.8. The van der Waals surface area contributed by atoms with E-state index in [2.05, 4.69) is 15.9 Å². The monoisotopic (exact) mass is 513 g/mol. The largest absolute Gasteiger partial charge is 0.490 e. The first kappa shape index (κ1) is 23.6. The smallest absolute Gasteiger partial charge is 0.485 e. The average Bonchev–Trinajstić information content (AvgIpc) is 2.73. The molecule has 0 bridgehead atoms. The van der Waals surface area contributed by atoms with Crippen LogP contribution >= 0.6 is 15.9 Å². The minimum absolute atomic E-state index is 0.0351. The summed E-state index contributed by atoms with van der Waals surface area (Å²) in [5, 5.41) is 7.12. The number of hydrogen-bond donors (Lipinski definition) is 2. The lowest BCUT2D eigenvalue weighted by atomic mass is 9.77. The first-order valence-electron chi connectivity index (χ1n) is 9.36. The summed E-state index contributed by atoms with van der Waals surface area (Å²) in [6.07, 6.45) is -4.41. The van der Waals surface area contributed by atoms with Crippen LogP contribution < -0.4 is 10.5 Å². The van der Waals surface area contributed by atoms with E-state index in [-0.39, 0.29) is 24.4 Å². The van der Waals surface area contributed by atoms with Gasteiger partial charge < -0.3 is 15.6 Å². The third-order valence-corrected chi connectivity index (χ3v) is 5.63. The molecular formula is C21H19BrF3N3O4. The lowest BCUT2D eigenvalue weighted by molar-refractivity contribution is -0.192. The predicted octanol–water partition coefficient (Wildman–Crippen LogP) is 3.98. The fraction of sp³-hybridized carbons (Fsp3) is 0.286. The summed E-state index contributed by atoms with van der Waals surface area (Å²) in [4.78, 5) is 27.6. The second-order valence-corrected chi connectivity index (χ2v) is 8.21. The fourth-order valence-corrected chi connectivity index (χ4v) is 3.90. The van der Waals surface area contributed by atoms with Crippen LogP contribution in [0.15, 0.2) is 58.0 Å². The second kappa shape index (κ2) is 8.81. The number of carboxylic acid groups (broad SMARTS) is 1. The first-order valence-corrected chi connectivity index (χ1v) is 10.2. The number of hydrogen-bond acceptors (Lipinski definition) is 5. The number of rotatable bonds is 1. The number of carboxylic acids is 1. The Morgan fingerprint density at radius 2 is 1.91 bits per heavy atom. The van der Waals surface area contributed by atoms with Crippen LogP contribution in [0.5, 0.6) is 5.75 Å². The molecule has 0 aliphatic carbocycles. The van der Waals surface area contributed by atoms with E-state index in [1.807, 2.05) is 48.5 Å². The predicted molar refractivity (Wildman–Crippen MR) is 113 cm³/mol. The highest BCUT2D eigenvalue weighted by Crippen LogP contribution is 2.50. The van der Waals surface area contributed by atoms with Gasteiger partial charge in [-0.15, -0.1) is 0 Å². The summed E-state index contributed by atoms with van der Waals surface area (Å²) in [5.41, 5.74) is 7.32. The highest BCUT2D eigenvalue weighted by molar-refractivity contribution is 9.10. The Morgan fingerprint density at radius 3 is 2.47 bits per heavy atom. The van der Waals surface area contributed by atoms with E-state index >= 15 is 0 Å². The van der Waals surface area contributed by atoms with Gasteiger partial charge in [0.2, 0.25) is 5.91 Å².